The van der Waals surface area contributed by atoms with Crippen LogP contribution in [0.4, 0.5) is 9.18 Å². The molecule has 166 valence electrons. The molecule has 1 aromatic carbocycles. The van der Waals surface area contributed by atoms with Crippen molar-refractivity contribution in [1.82, 2.24) is 10.2 Å². The Morgan fingerprint density at radius 1 is 1.33 bits per heavy atom. The molecule has 30 heavy (non-hydrogen) atoms. The lowest BCUT2D eigenvalue weighted by atomic mass is 9.77. The summed E-state index contributed by atoms with van der Waals surface area (Å²) in [5.41, 5.74) is 1.02. The summed E-state index contributed by atoms with van der Waals surface area (Å²) in [7, 11) is 0. The Morgan fingerprint density at radius 3 is 2.47 bits per heavy atom. The van der Waals surface area contributed by atoms with E-state index in [2.05, 4.69) is 26.1 Å². The summed E-state index contributed by atoms with van der Waals surface area (Å²) >= 11 is 6.47. The second kappa shape index (κ2) is 8.96. The molecule has 0 aliphatic carbocycles. The maximum atomic E-state index is 15.0. The Morgan fingerprint density at radius 2 is 1.97 bits per heavy atom. The number of benzene rings is 1. The van der Waals surface area contributed by atoms with Crippen LogP contribution in [0.5, 0.6) is 0 Å². The number of aliphatic carboxylic acids is 1. The SMILES string of the molecule is CC(C)C1=CN(CCC(=O)O)C(=O)N[C@@]1(C)c1cc(F)c(CCC(C)(C)C)c(Cl)c1. The number of hydrogen-bond donors (Lipinski definition) is 2. The molecular weight excluding hydrogens is 407 g/mol. The van der Waals surface area contributed by atoms with Crippen molar-refractivity contribution in [2.45, 2.75) is 66.3 Å². The van der Waals surface area contributed by atoms with Gasteiger partial charge < -0.3 is 15.3 Å². The molecule has 0 aromatic heterocycles. The van der Waals surface area contributed by atoms with Crippen molar-refractivity contribution < 1.29 is 19.1 Å². The first-order chi connectivity index (χ1) is 13.7. The quantitative estimate of drug-likeness (QED) is 0.572. The summed E-state index contributed by atoms with van der Waals surface area (Å²) in [5, 5.41) is 12.2. The Hall–Kier alpha value is -2.08. The predicted molar refractivity (Wildman–Crippen MR) is 117 cm³/mol. The van der Waals surface area contributed by atoms with Crippen LogP contribution >= 0.6 is 11.6 Å². The van der Waals surface area contributed by atoms with Crippen molar-refractivity contribution in [3.8, 4) is 0 Å². The fourth-order valence-electron chi connectivity index (χ4n) is 3.69. The highest BCUT2D eigenvalue weighted by Crippen LogP contribution is 2.39. The highest BCUT2D eigenvalue weighted by Gasteiger charge is 2.40. The van der Waals surface area contributed by atoms with Crippen LogP contribution in [0, 0.1) is 17.2 Å². The maximum Gasteiger partial charge on any atom is 0.322 e. The molecule has 1 aliphatic heterocycles. The van der Waals surface area contributed by atoms with Gasteiger partial charge in [-0.3, -0.25) is 4.79 Å². The van der Waals surface area contributed by atoms with Crippen LogP contribution in [0.25, 0.3) is 0 Å². The first kappa shape index (κ1) is 24.2. The van der Waals surface area contributed by atoms with Gasteiger partial charge in [0.1, 0.15) is 5.82 Å². The van der Waals surface area contributed by atoms with Crippen molar-refractivity contribution in [2.75, 3.05) is 6.54 Å². The molecule has 0 fully saturated rings. The van der Waals surface area contributed by atoms with E-state index in [-0.39, 0.29) is 30.1 Å². The fraction of sp³-hybridized carbons (Fsp3) is 0.565. The number of rotatable bonds is 7. The number of carboxylic acids is 1. The zero-order valence-electron chi connectivity index (χ0n) is 18.6. The molecule has 2 amide bonds. The average molecular weight is 439 g/mol. The van der Waals surface area contributed by atoms with Crippen LogP contribution in [-0.4, -0.2) is 28.6 Å². The number of hydrogen-bond acceptors (Lipinski definition) is 2. The van der Waals surface area contributed by atoms with Gasteiger partial charge in [0.15, 0.2) is 0 Å². The topological polar surface area (TPSA) is 69.6 Å². The summed E-state index contributed by atoms with van der Waals surface area (Å²) in [6.07, 6.45) is 2.86. The first-order valence-electron chi connectivity index (χ1n) is 10.3. The predicted octanol–water partition coefficient (Wildman–Crippen LogP) is 5.71. The molecule has 7 heteroatoms. The van der Waals surface area contributed by atoms with E-state index in [1.54, 1.807) is 12.3 Å². The van der Waals surface area contributed by atoms with Crippen LogP contribution in [0.15, 0.2) is 23.9 Å². The standard InChI is InChI=1S/C23H32ClFN2O3/c1-14(2)17-13-27(10-8-20(28)29)21(30)26-23(17,6)15-11-18(24)16(19(25)12-15)7-9-22(3,4)5/h11-14H,7-10H2,1-6H3,(H,26,30)(H,28,29)/t23-/m0/s1. The van der Waals surface area contributed by atoms with Gasteiger partial charge in [0.05, 0.1) is 12.0 Å². The van der Waals surface area contributed by atoms with E-state index in [4.69, 9.17) is 16.7 Å². The molecule has 0 saturated heterocycles. The first-order valence-corrected chi connectivity index (χ1v) is 10.6. The molecule has 0 saturated carbocycles. The monoisotopic (exact) mass is 438 g/mol. The number of amides is 2. The van der Waals surface area contributed by atoms with Gasteiger partial charge in [-0.1, -0.05) is 46.2 Å². The summed E-state index contributed by atoms with van der Waals surface area (Å²) in [5.74, 6) is -1.32. The molecule has 1 aromatic rings. The zero-order chi connectivity index (χ0) is 22.9. The molecule has 1 atom stereocenters. The molecule has 0 bridgehead atoms. The number of urea groups is 1. The van der Waals surface area contributed by atoms with Crippen LogP contribution in [0.2, 0.25) is 5.02 Å². The third-order valence-electron chi connectivity index (χ3n) is 5.52. The smallest absolute Gasteiger partial charge is 0.322 e. The van der Waals surface area contributed by atoms with Crippen LogP contribution in [-0.2, 0) is 16.8 Å². The van der Waals surface area contributed by atoms with E-state index in [1.807, 2.05) is 20.8 Å². The summed E-state index contributed by atoms with van der Waals surface area (Å²) in [6, 6.07) is 2.76. The van der Waals surface area contributed by atoms with Crippen LogP contribution < -0.4 is 5.32 Å². The Labute approximate surface area is 183 Å². The van der Waals surface area contributed by atoms with Crippen molar-refractivity contribution in [3.05, 3.63) is 45.9 Å². The highest BCUT2D eigenvalue weighted by atomic mass is 35.5. The fourth-order valence-corrected chi connectivity index (χ4v) is 3.99. The molecular formula is C23H32ClFN2O3. The summed E-state index contributed by atoms with van der Waals surface area (Å²) in [6.45, 7) is 12.1. The highest BCUT2D eigenvalue weighted by molar-refractivity contribution is 6.31. The second-order valence-corrected chi connectivity index (χ2v) is 10.0. The van der Waals surface area contributed by atoms with Crippen LogP contribution in [0.3, 0.4) is 0 Å². The molecule has 0 unspecified atom stereocenters. The zero-order valence-corrected chi connectivity index (χ0v) is 19.4. The van der Waals surface area contributed by atoms with E-state index < -0.39 is 17.5 Å². The second-order valence-electron chi connectivity index (χ2n) is 9.61. The number of halogens is 2. The van der Waals surface area contributed by atoms with Crippen LogP contribution in [0.1, 0.15) is 65.5 Å². The van der Waals surface area contributed by atoms with Gasteiger partial charge in [0, 0.05) is 23.3 Å². The lowest BCUT2D eigenvalue weighted by Gasteiger charge is -2.42. The minimum atomic E-state index is -0.977. The molecule has 1 aliphatic rings. The molecule has 0 spiro atoms. The number of nitrogens with one attached hydrogen (secondary N) is 1. The molecule has 1 heterocycles. The van der Waals surface area contributed by atoms with Gasteiger partial charge in [-0.05, 0) is 54.4 Å². The maximum absolute atomic E-state index is 15.0. The number of carbonyl (C=O) groups excluding carboxylic acids is 1. The molecule has 2 rings (SSSR count). The number of nitrogens with zero attached hydrogens (tertiary/aromatic N) is 1. The van der Waals surface area contributed by atoms with Crippen molar-refractivity contribution in [3.63, 3.8) is 0 Å². The number of carboxylic acid groups (broad SMARTS) is 1. The minimum absolute atomic E-state index is 0.0327. The molecule has 2 N–H and O–H groups in total. The Kier molecular flexibility index (Phi) is 7.23. The van der Waals surface area contributed by atoms with Gasteiger partial charge in [-0.25, -0.2) is 9.18 Å². The average Bonchev–Trinajstić information content (AvgIpc) is 2.58. The van der Waals surface area contributed by atoms with E-state index in [0.29, 0.717) is 22.6 Å². The lowest BCUT2D eigenvalue weighted by molar-refractivity contribution is -0.137. The lowest BCUT2D eigenvalue weighted by Crippen LogP contribution is -2.55. The number of carbonyl (C=O) groups is 2. The van der Waals surface area contributed by atoms with E-state index >= 15 is 4.39 Å². The van der Waals surface area contributed by atoms with Gasteiger partial charge >= 0.3 is 12.0 Å². The van der Waals surface area contributed by atoms with Gasteiger partial charge in [-0.15, -0.1) is 0 Å². The van der Waals surface area contributed by atoms with E-state index in [9.17, 15) is 9.59 Å². The Bertz CT molecular complexity index is 837. The summed E-state index contributed by atoms with van der Waals surface area (Å²) in [4.78, 5) is 24.9. The Balaban J connectivity index is 2.44. The van der Waals surface area contributed by atoms with Crippen molar-refractivity contribution in [1.29, 1.82) is 0 Å². The normalized spacial score (nSPS) is 19.7. The van der Waals surface area contributed by atoms with E-state index in [0.717, 1.165) is 12.0 Å². The summed E-state index contributed by atoms with van der Waals surface area (Å²) < 4.78 is 15.0. The van der Waals surface area contributed by atoms with Gasteiger partial charge in [0.2, 0.25) is 0 Å². The van der Waals surface area contributed by atoms with Crippen molar-refractivity contribution >= 4 is 23.6 Å². The molecule has 0 radical (unpaired) electrons. The van der Waals surface area contributed by atoms with Crippen molar-refractivity contribution in [2.24, 2.45) is 11.3 Å². The van der Waals surface area contributed by atoms with Gasteiger partial charge in [0.25, 0.3) is 0 Å². The third kappa shape index (κ3) is 5.54. The largest absolute Gasteiger partial charge is 0.481 e. The third-order valence-corrected chi connectivity index (χ3v) is 5.86. The minimum Gasteiger partial charge on any atom is -0.481 e. The molecule has 5 nitrogen and oxygen atoms in total. The van der Waals surface area contributed by atoms with Gasteiger partial charge in [-0.2, -0.15) is 0 Å². The van der Waals surface area contributed by atoms with E-state index in [1.165, 1.54) is 11.0 Å².